The quantitative estimate of drug-likeness (QED) is 0.592. The summed E-state index contributed by atoms with van der Waals surface area (Å²) < 4.78 is 10.9. The Labute approximate surface area is 162 Å². The lowest BCUT2D eigenvalue weighted by molar-refractivity contribution is 0.0836. The molecule has 0 saturated carbocycles. The summed E-state index contributed by atoms with van der Waals surface area (Å²) in [6, 6.07) is 3.74. The van der Waals surface area contributed by atoms with Crippen molar-refractivity contribution in [1.29, 1.82) is 0 Å². The molecule has 3 rings (SSSR count). The van der Waals surface area contributed by atoms with Crippen LogP contribution in [0.5, 0.6) is 34.5 Å². The highest BCUT2D eigenvalue weighted by Crippen LogP contribution is 2.48. The number of carbonyl (C=O) groups excluding carboxylic acids is 1. The highest BCUT2D eigenvalue weighted by molar-refractivity contribution is 6.03. The molecule has 0 bridgehead atoms. The van der Waals surface area contributed by atoms with Crippen LogP contribution in [0.15, 0.2) is 29.8 Å². The van der Waals surface area contributed by atoms with Crippen molar-refractivity contribution in [2.75, 3.05) is 7.11 Å². The number of fused-ring (bicyclic) bond motifs is 1. The van der Waals surface area contributed by atoms with Gasteiger partial charge in [0.1, 0.15) is 46.2 Å². The van der Waals surface area contributed by atoms with E-state index in [1.54, 1.807) is 0 Å². The van der Waals surface area contributed by atoms with Gasteiger partial charge >= 0.3 is 0 Å². The summed E-state index contributed by atoms with van der Waals surface area (Å²) in [7, 11) is 1.39. The zero-order valence-electron chi connectivity index (χ0n) is 15.8. The van der Waals surface area contributed by atoms with Crippen LogP contribution < -0.4 is 9.47 Å². The number of hydrogen-bond acceptors (Lipinski definition) is 7. The van der Waals surface area contributed by atoms with Crippen LogP contribution in [-0.2, 0) is 6.42 Å². The topological polar surface area (TPSA) is 116 Å². The van der Waals surface area contributed by atoms with Gasteiger partial charge in [0, 0.05) is 23.8 Å². The summed E-state index contributed by atoms with van der Waals surface area (Å²) in [6.45, 7) is 3.79. The molecule has 0 saturated heterocycles. The maximum atomic E-state index is 12.7. The summed E-state index contributed by atoms with van der Waals surface area (Å²) in [4.78, 5) is 12.7. The third-order valence-corrected chi connectivity index (χ3v) is 4.63. The van der Waals surface area contributed by atoms with E-state index in [4.69, 9.17) is 9.47 Å². The maximum Gasteiger partial charge on any atom is 0.174 e. The minimum atomic E-state index is -0.988. The van der Waals surface area contributed by atoms with Crippen molar-refractivity contribution in [3.05, 3.63) is 46.5 Å². The molecular weight excluding hydrogens is 364 g/mol. The van der Waals surface area contributed by atoms with Crippen molar-refractivity contribution in [2.45, 2.75) is 32.8 Å². The van der Waals surface area contributed by atoms with Gasteiger partial charge in [0.25, 0.3) is 0 Å². The molecule has 148 valence electrons. The minimum Gasteiger partial charge on any atom is -0.507 e. The Morgan fingerprint density at radius 2 is 1.75 bits per heavy atom. The van der Waals surface area contributed by atoms with E-state index in [2.05, 4.69) is 0 Å². The lowest BCUT2D eigenvalue weighted by Crippen LogP contribution is -2.22. The molecule has 1 heterocycles. The fourth-order valence-corrected chi connectivity index (χ4v) is 3.24. The molecule has 0 aromatic heterocycles. The van der Waals surface area contributed by atoms with E-state index in [1.165, 1.54) is 19.2 Å². The van der Waals surface area contributed by atoms with Gasteiger partial charge in [-0.05, 0) is 20.3 Å². The van der Waals surface area contributed by atoms with Crippen LogP contribution >= 0.6 is 0 Å². The maximum absolute atomic E-state index is 12.7. The van der Waals surface area contributed by atoms with Gasteiger partial charge < -0.3 is 29.9 Å². The first-order valence-corrected chi connectivity index (χ1v) is 8.73. The summed E-state index contributed by atoms with van der Waals surface area (Å²) in [5, 5.41) is 41.0. The Hall–Kier alpha value is -3.35. The molecule has 7 heteroatoms. The second-order valence-corrected chi connectivity index (χ2v) is 6.90. The Balaban J connectivity index is 2.12. The Morgan fingerprint density at radius 1 is 1.11 bits per heavy atom. The Bertz CT molecular complexity index is 948. The minimum absolute atomic E-state index is 0.0151. The molecule has 0 unspecified atom stereocenters. The second-order valence-electron chi connectivity index (χ2n) is 6.90. The van der Waals surface area contributed by atoms with E-state index < -0.39 is 11.9 Å². The van der Waals surface area contributed by atoms with Gasteiger partial charge in [0.2, 0.25) is 0 Å². The van der Waals surface area contributed by atoms with Crippen molar-refractivity contribution >= 4 is 5.78 Å². The van der Waals surface area contributed by atoms with E-state index >= 15 is 0 Å². The summed E-state index contributed by atoms with van der Waals surface area (Å²) >= 11 is 0. The van der Waals surface area contributed by atoms with Crippen LogP contribution in [0.4, 0.5) is 0 Å². The number of hydrogen-bond donors (Lipinski definition) is 4. The smallest absolute Gasteiger partial charge is 0.174 e. The summed E-state index contributed by atoms with van der Waals surface area (Å²) in [5.41, 5.74) is 1.37. The largest absolute Gasteiger partial charge is 0.507 e. The number of phenolic OH excluding ortho intramolecular Hbond substituents is 4. The number of Topliss-reactive ketones (excluding diaryl/α,β-unsaturated/α-hetero) is 1. The summed E-state index contributed by atoms with van der Waals surface area (Å²) in [6.07, 6.45) is 0.960. The highest BCUT2D eigenvalue weighted by atomic mass is 16.5. The first-order valence-electron chi connectivity index (χ1n) is 8.73. The van der Waals surface area contributed by atoms with Gasteiger partial charge in [-0.2, -0.15) is 0 Å². The highest BCUT2D eigenvalue weighted by Gasteiger charge is 2.36. The van der Waals surface area contributed by atoms with Gasteiger partial charge in [-0.3, -0.25) is 4.79 Å². The van der Waals surface area contributed by atoms with E-state index in [9.17, 15) is 25.2 Å². The monoisotopic (exact) mass is 386 g/mol. The molecule has 0 spiro atoms. The van der Waals surface area contributed by atoms with Crippen LogP contribution in [-0.4, -0.2) is 33.3 Å². The lowest BCUT2D eigenvalue weighted by Gasteiger charge is -2.29. The lowest BCUT2D eigenvalue weighted by atomic mass is 9.91. The number of allylic oxidation sites excluding steroid dienone is 2. The number of phenols is 4. The van der Waals surface area contributed by atoms with E-state index in [1.807, 2.05) is 19.9 Å². The van der Waals surface area contributed by atoms with Crippen LogP contribution in [0.25, 0.3) is 0 Å². The standard InChI is InChI=1S/C21H22O7/c1-10(2)4-5-12-13(22)8-16(25)20-17(26)9-18(28-21(12)20)19-14(23)6-11(27-3)7-15(19)24/h4,6-8,18,22-25H,5,9H2,1-3H3/t18-/m0/s1. The zero-order valence-corrected chi connectivity index (χ0v) is 15.8. The molecule has 7 nitrogen and oxygen atoms in total. The Morgan fingerprint density at radius 3 is 2.32 bits per heavy atom. The molecule has 1 aliphatic rings. The number of methoxy groups -OCH3 is 1. The zero-order chi connectivity index (χ0) is 20.6. The predicted molar refractivity (Wildman–Crippen MR) is 102 cm³/mol. The SMILES string of the molecule is COc1cc(O)c([C@@H]2CC(=O)c3c(O)cc(O)c(CC=C(C)C)c3O2)c(O)c1. The van der Waals surface area contributed by atoms with Crippen LogP contribution in [0, 0.1) is 0 Å². The molecule has 2 aromatic carbocycles. The van der Waals surface area contributed by atoms with E-state index in [0.29, 0.717) is 5.56 Å². The molecular formula is C21H22O7. The third-order valence-electron chi connectivity index (χ3n) is 4.63. The van der Waals surface area contributed by atoms with Crippen LogP contribution in [0.2, 0.25) is 0 Å². The first kappa shape index (κ1) is 19.4. The average Bonchev–Trinajstić information content (AvgIpc) is 2.59. The molecule has 1 aliphatic heterocycles. The predicted octanol–water partition coefficient (Wildman–Crippen LogP) is 3.73. The van der Waals surface area contributed by atoms with Crippen molar-refractivity contribution < 1.29 is 34.7 Å². The molecule has 0 amide bonds. The molecule has 4 N–H and O–H groups in total. The van der Waals surface area contributed by atoms with Crippen molar-refractivity contribution in [3.63, 3.8) is 0 Å². The van der Waals surface area contributed by atoms with Gasteiger partial charge in [-0.15, -0.1) is 0 Å². The number of ketones is 1. The number of carbonyl (C=O) groups is 1. The normalized spacial score (nSPS) is 15.5. The average molecular weight is 386 g/mol. The summed E-state index contributed by atoms with van der Waals surface area (Å²) in [5.74, 6) is -1.27. The van der Waals surface area contributed by atoms with Crippen molar-refractivity contribution in [1.82, 2.24) is 0 Å². The molecule has 28 heavy (non-hydrogen) atoms. The van der Waals surface area contributed by atoms with Gasteiger partial charge in [0.15, 0.2) is 5.78 Å². The fraction of sp³-hybridized carbons (Fsp3) is 0.286. The molecule has 2 aromatic rings. The van der Waals surface area contributed by atoms with Crippen molar-refractivity contribution in [3.8, 4) is 34.5 Å². The van der Waals surface area contributed by atoms with Gasteiger partial charge in [0.05, 0.1) is 19.1 Å². The molecule has 1 atom stereocenters. The van der Waals surface area contributed by atoms with Gasteiger partial charge in [-0.1, -0.05) is 11.6 Å². The van der Waals surface area contributed by atoms with Gasteiger partial charge in [-0.25, -0.2) is 0 Å². The Kier molecular flexibility index (Phi) is 5.09. The second kappa shape index (κ2) is 7.34. The van der Waals surface area contributed by atoms with E-state index in [-0.39, 0.29) is 58.5 Å². The molecule has 0 radical (unpaired) electrons. The number of benzene rings is 2. The van der Waals surface area contributed by atoms with E-state index in [0.717, 1.165) is 11.6 Å². The molecule has 0 fully saturated rings. The van der Waals surface area contributed by atoms with Crippen LogP contribution in [0.1, 0.15) is 47.9 Å². The first-order chi connectivity index (χ1) is 13.2. The number of aromatic hydroxyl groups is 4. The third kappa shape index (κ3) is 3.43. The molecule has 0 aliphatic carbocycles. The number of ether oxygens (including phenoxy) is 2. The fourth-order valence-electron chi connectivity index (χ4n) is 3.24. The van der Waals surface area contributed by atoms with Crippen molar-refractivity contribution in [2.24, 2.45) is 0 Å². The van der Waals surface area contributed by atoms with Crippen LogP contribution in [0.3, 0.4) is 0 Å². The number of rotatable bonds is 4.